The third-order valence-corrected chi connectivity index (χ3v) is 3.41. The zero-order valence-corrected chi connectivity index (χ0v) is 13.0. The van der Waals surface area contributed by atoms with E-state index in [-0.39, 0.29) is 23.9 Å². The fourth-order valence-corrected chi connectivity index (χ4v) is 2.02. The summed E-state index contributed by atoms with van der Waals surface area (Å²) >= 11 is 0. The minimum atomic E-state index is -0.248. The number of carbonyl (C=O) groups excluding carboxylic acids is 1. The van der Waals surface area contributed by atoms with Crippen LogP contribution >= 0.6 is 0 Å². The highest BCUT2D eigenvalue weighted by atomic mass is 16.5. The highest BCUT2D eigenvalue weighted by Gasteiger charge is 2.06. The van der Waals surface area contributed by atoms with Gasteiger partial charge in [-0.15, -0.1) is 0 Å². The quantitative estimate of drug-likeness (QED) is 0.314. The number of hydrogen-bond donors (Lipinski definition) is 2. The van der Waals surface area contributed by atoms with E-state index in [1.54, 1.807) is 6.07 Å². The van der Waals surface area contributed by atoms with Crippen LogP contribution in [0.3, 0.4) is 0 Å². The van der Waals surface area contributed by atoms with E-state index in [1.807, 2.05) is 19.1 Å². The lowest BCUT2D eigenvalue weighted by Crippen LogP contribution is -2.07. The third kappa shape index (κ3) is 6.48. The van der Waals surface area contributed by atoms with E-state index in [2.05, 4.69) is 6.58 Å². The molecule has 0 saturated heterocycles. The van der Waals surface area contributed by atoms with Gasteiger partial charge in [0.1, 0.15) is 0 Å². The molecule has 2 N–H and O–H groups in total. The van der Waals surface area contributed by atoms with Crippen LogP contribution in [0.25, 0.3) is 0 Å². The molecule has 4 nitrogen and oxygen atoms in total. The zero-order valence-electron chi connectivity index (χ0n) is 13.0. The van der Waals surface area contributed by atoms with E-state index < -0.39 is 0 Å². The molecule has 0 fully saturated rings. The van der Waals surface area contributed by atoms with Gasteiger partial charge in [0.15, 0.2) is 11.5 Å². The molecule has 0 aliphatic carbocycles. The summed E-state index contributed by atoms with van der Waals surface area (Å²) < 4.78 is 5.17. The van der Waals surface area contributed by atoms with Gasteiger partial charge in [-0.2, -0.15) is 0 Å². The maximum atomic E-state index is 11.6. The molecular weight excluding hydrogens is 280 g/mol. The second kappa shape index (κ2) is 9.66. The molecule has 1 aromatic carbocycles. The van der Waals surface area contributed by atoms with Gasteiger partial charge in [-0.3, -0.25) is 4.79 Å². The standard InChI is InChI=1S/C18H24O4/c1-3-14(4-2)7-5-6-12-22-18(21)11-9-15-8-10-16(19)17(20)13-15/h3-4,8,10,13,19-20H,1,5-7,9,11-12H2,2H3/b14-4+. The Morgan fingerprint density at radius 3 is 2.64 bits per heavy atom. The summed E-state index contributed by atoms with van der Waals surface area (Å²) in [5, 5.41) is 18.6. The number of carbonyl (C=O) groups is 1. The molecule has 0 heterocycles. The molecule has 0 aliphatic heterocycles. The van der Waals surface area contributed by atoms with Crippen LogP contribution in [0.4, 0.5) is 0 Å². The van der Waals surface area contributed by atoms with Gasteiger partial charge in [-0.05, 0) is 50.3 Å². The lowest BCUT2D eigenvalue weighted by atomic mass is 10.1. The van der Waals surface area contributed by atoms with Crippen molar-refractivity contribution in [3.05, 3.63) is 48.1 Å². The molecule has 0 aliphatic rings. The van der Waals surface area contributed by atoms with E-state index in [0.29, 0.717) is 13.0 Å². The summed E-state index contributed by atoms with van der Waals surface area (Å²) in [5.41, 5.74) is 1.99. The van der Waals surface area contributed by atoms with Crippen LogP contribution < -0.4 is 0 Å². The molecule has 1 rings (SSSR count). The summed E-state index contributed by atoms with van der Waals surface area (Å²) in [6, 6.07) is 4.54. The summed E-state index contributed by atoms with van der Waals surface area (Å²) in [5.74, 6) is -0.582. The molecular formula is C18H24O4. The Labute approximate surface area is 131 Å². The molecule has 120 valence electrons. The molecule has 4 heteroatoms. The van der Waals surface area contributed by atoms with Crippen LogP contribution in [0, 0.1) is 0 Å². The van der Waals surface area contributed by atoms with Crippen molar-refractivity contribution in [1.29, 1.82) is 0 Å². The normalized spacial score (nSPS) is 11.2. The Kier molecular flexibility index (Phi) is 7.83. The molecule has 0 bridgehead atoms. The lowest BCUT2D eigenvalue weighted by Gasteiger charge is -2.06. The zero-order chi connectivity index (χ0) is 16.4. The summed E-state index contributed by atoms with van der Waals surface area (Å²) in [7, 11) is 0. The first-order chi connectivity index (χ1) is 10.6. The van der Waals surface area contributed by atoms with Crippen molar-refractivity contribution in [2.45, 2.75) is 39.0 Å². The van der Waals surface area contributed by atoms with Crippen LogP contribution in [0.15, 0.2) is 42.5 Å². The van der Waals surface area contributed by atoms with E-state index >= 15 is 0 Å². The second-order valence-electron chi connectivity index (χ2n) is 5.07. The van der Waals surface area contributed by atoms with Crippen molar-refractivity contribution in [3.63, 3.8) is 0 Å². The number of unbranched alkanes of at least 4 members (excludes halogenated alkanes) is 1. The van der Waals surface area contributed by atoms with Gasteiger partial charge in [0, 0.05) is 6.42 Å². The summed E-state index contributed by atoms with van der Waals surface area (Å²) in [6.07, 6.45) is 7.36. The number of hydrogen-bond acceptors (Lipinski definition) is 4. The maximum Gasteiger partial charge on any atom is 0.306 e. The SMILES string of the molecule is C=C/C(=C\C)CCCCOC(=O)CCc1ccc(O)c(O)c1. The molecule has 0 saturated carbocycles. The second-order valence-corrected chi connectivity index (χ2v) is 5.07. The fourth-order valence-electron chi connectivity index (χ4n) is 2.02. The number of aryl methyl sites for hydroxylation is 1. The minimum absolute atomic E-state index is 0.161. The lowest BCUT2D eigenvalue weighted by molar-refractivity contribution is -0.143. The van der Waals surface area contributed by atoms with Crippen LogP contribution in [-0.4, -0.2) is 22.8 Å². The largest absolute Gasteiger partial charge is 0.504 e. The van der Waals surface area contributed by atoms with Crippen molar-refractivity contribution >= 4 is 5.97 Å². The first kappa shape index (κ1) is 17.8. The third-order valence-electron chi connectivity index (χ3n) is 3.41. The highest BCUT2D eigenvalue weighted by Crippen LogP contribution is 2.25. The van der Waals surface area contributed by atoms with Crippen LogP contribution in [0.5, 0.6) is 11.5 Å². The maximum absolute atomic E-state index is 11.6. The van der Waals surface area contributed by atoms with Gasteiger partial charge < -0.3 is 14.9 Å². The first-order valence-corrected chi connectivity index (χ1v) is 7.51. The van der Waals surface area contributed by atoms with Gasteiger partial charge in [0.2, 0.25) is 0 Å². The van der Waals surface area contributed by atoms with Crippen molar-refractivity contribution in [2.75, 3.05) is 6.61 Å². The Morgan fingerprint density at radius 2 is 2.00 bits per heavy atom. The monoisotopic (exact) mass is 304 g/mol. The fraction of sp³-hybridized carbons (Fsp3) is 0.389. The van der Waals surface area contributed by atoms with Crippen LogP contribution in [0.1, 0.15) is 38.2 Å². The Bertz CT molecular complexity index is 532. The van der Waals surface area contributed by atoms with Gasteiger partial charge in [-0.25, -0.2) is 0 Å². The number of allylic oxidation sites excluding steroid dienone is 3. The summed E-state index contributed by atoms with van der Waals surface area (Å²) in [6.45, 7) is 6.15. The summed E-state index contributed by atoms with van der Waals surface area (Å²) in [4.78, 5) is 11.6. The number of phenolic OH excluding ortho intramolecular Hbond substituents is 2. The minimum Gasteiger partial charge on any atom is -0.504 e. The Balaban J connectivity index is 2.18. The molecule has 0 radical (unpaired) electrons. The Morgan fingerprint density at radius 1 is 1.23 bits per heavy atom. The molecule has 22 heavy (non-hydrogen) atoms. The molecule has 0 spiro atoms. The van der Waals surface area contributed by atoms with Crippen LogP contribution in [0.2, 0.25) is 0 Å². The van der Waals surface area contributed by atoms with Crippen molar-refractivity contribution in [3.8, 4) is 11.5 Å². The van der Waals surface area contributed by atoms with Gasteiger partial charge in [-0.1, -0.05) is 30.4 Å². The van der Waals surface area contributed by atoms with Crippen LogP contribution in [-0.2, 0) is 16.0 Å². The molecule has 1 aromatic rings. The van der Waals surface area contributed by atoms with Gasteiger partial charge in [0.05, 0.1) is 6.61 Å². The van der Waals surface area contributed by atoms with E-state index in [0.717, 1.165) is 24.8 Å². The van der Waals surface area contributed by atoms with Crippen molar-refractivity contribution < 1.29 is 19.7 Å². The average Bonchev–Trinajstić information content (AvgIpc) is 2.52. The van der Waals surface area contributed by atoms with E-state index in [9.17, 15) is 15.0 Å². The molecule has 0 atom stereocenters. The highest BCUT2D eigenvalue weighted by molar-refractivity contribution is 5.69. The average molecular weight is 304 g/mol. The van der Waals surface area contributed by atoms with Crippen molar-refractivity contribution in [2.24, 2.45) is 0 Å². The number of rotatable bonds is 9. The molecule has 0 amide bonds. The van der Waals surface area contributed by atoms with E-state index in [1.165, 1.54) is 17.7 Å². The topological polar surface area (TPSA) is 66.8 Å². The Hall–Kier alpha value is -2.23. The van der Waals surface area contributed by atoms with Gasteiger partial charge >= 0.3 is 5.97 Å². The molecule has 0 aromatic heterocycles. The number of aromatic hydroxyl groups is 2. The molecule has 0 unspecified atom stereocenters. The number of ether oxygens (including phenoxy) is 1. The number of phenols is 2. The van der Waals surface area contributed by atoms with E-state index in [4.69, 9.17) is 4.74 Å². The number of benzene rings is 1. The number of esters is 1. The predicted molar refractivity (Wildman–Crippen MR) is 86.9 cm³/mol. The van der Waals surface area contributed by atoms with Gasteiger partial charge in [0.25, 0.3) is 0 Å². The smallest absolute Gasteiger partial charge is 0.306 e. The van der Waals surface area contributed by atoms with Crippen molar-refractivity contribution in [1.82, 2.24) is 0 Å². The first-order valence-electron chi connectivity index (χ1n) is 7.51. The predicted octanol–water partition coefficient (Wildman–Crippen LogP) is 3.88.